The van der Waals surface area contributed by atoms with Gasteiger partial charge in [0.2, 0.25) is 0 Å². The van der Waals surface area contributed by atoms with Gasteiger partial charge in [-0.05, 0) is 70.9 Å². The standard InChI is InChI=1S/C41H36F3NOS/c1-23-18-24(2)25(3)33(19-23)37-39-32(16-17-45(37)7)31-15-14-30(36(38(31)47-39)41(42,43)44)27-10-12-28(13-11-27)35-21-29-9-8-26(20-34(29)46-35)22-40(4,5)6/h8-21H,7,22H2,1-6H3. The lowest BCUT2D eigenvalue weighted by Crippen LogP contribution is -2.18. The first-order valence-electron chi connectivity index (χ1n) is 15.7. The summed E-state index contributed by atoms with van der Waals surface area (Å²) < 4.78 is 53.3. The zero-order valence-corrected chi connectivity index (χ0v) is 28.2. The molecule has 0 aliphatic carbocycles. The highest BCUT2D eigenvalue weighted by Crippen LogP contribution is 2.50. The Morgan fingerprint density at radius 2 is 1.66 bits per heavy atom. The van der Waals surface area contributed by atoms with Crippen LogP contribution in [0.2, 0.25) is 0 Å². The van der Waals surface area contributed by atoms with Gasteiger partial charge >= 0.3 is 6.18 Å². The lowest BCUT2D eigenvalue weighted by molar-refractivity contribution is -0.417. The van der Waals surface area contributed by atoms with Gasteiger partial charge in [-0.3, -0.25) is 8.99 Å². The second-order valence-electron chi connectivity index (χ2n) is 13.9. The van der Waals surface area contributed by atoms with Crippen molar-refractivity contribution in [3.05, 3.63) is 129 Å². The number of halogens is 3. The van der Waals surface area contributed by atoms with Crippen molar-refractivity contribution in [2.75, 3.05) is 0 Å². The van der Waals surface area contributed by atoms with Crippen molar-refractivity contribution in [2.24, 2.45) is 5.41 Å². The first kappa shape index (κ1) is 31.1. The molecule has 238 valence electrons. The molecule has 47 heavy (non-hydrogen) atoms. The molecule has 2 aromatic heterocycles. The Morgan fingerprint density at radius 1 is 0.915 bits per heavy atom. The van der Waals surface area contributed by atoms with Gasteiger partial charge in [0.1, 0.15) is 17.5 Å². The molecule has 0 saturated heterocycles. The largest absolute Gasteiger partial charge is 0.408 e. The van der Waals surface area contributed by atoms with E-state index in [0.29, 0.717) is 16.7 Å². The lowest BCUT2D eigenvalue weighted by atomic mass is 9.88. The van der Waals surface area contributed by atoms with Gasteiger partial charge in [0.15, 0.2) is 15.6 Å². The molecule has 1 aliphatic rings. The molecule has 4 aromatic carbocycles. The van der Waals surface area contributed by atoms with E-state index in [1.165, 1.54) is 16.9 Å². The molecule has 6 aromatic rings. The number of hydrogen-bond acceptors (Lipinski definition) is 0. The van der Waals surface area contributed by atoms with E-state index in [2.05, 4.69) is 71.7 Å². The van der Waals surface area contributed by atoms with Crippen LogP contribution in [-0.4, -0.2) is 11.3 Å². The first-order valence-corrected chi connectivity index (χ1v) is 16.5. The minimum absolute atomic E-state index is 0.156. The van der Waals surface area contributed by atoms with Crippen LogP contribution >= 0.6 is 11.3 Å². The van der Waals surface area contributed by atoms with Gasteiger partial charge in [0.05, 0.1) is 12.3 Å². The Bertz CT molecular complexity index is 2240. The summed E-state index contributed by atoms with van der Waals surface area (Å²) in [4.78, 5) is 0.791. The molecule has 0 atom stereocenters. The molecular formula is C41H36F3NOS. The number of furan rings is 1. The molecule has 0 fully saturated rings. The van der Waals surface area contributed by atoms with Gasteiger partial charge in [-0.2, -0.15) is 13.2 Å². The molecule has 0 bridgehead atoms. The number of aryl methyl sites for hydroxylation is 2. The number of benzene rings is 4. The average molecular weight is 648 g/mol. The van der Waals surface area contributed by atoms with E-state index in [4.69, 9.17) is 4.42 Å². The van der Waals surface area contributed by atoms with Crippen LogP contribution in [0.15, 0.2) is 83.4 Å². The van der Waals surface area contributed by atoms with E-state index in [1.807, 2.05) is 43.5 Å². The Balaban J connectivity index is 1.31. The molecule has 0 unspecified atom stereocenters. The molecule has 0 spiro atoms. The number of thiophene rings is 1. The van der Waals surface area contributed by atoms with Crippen molar-refractivity contribution in [3.63, 3.8) is 0 Å². The Labute approximate surface area is 277 Å². The fourth-order valence-corrected chi connectivity index (χ4v) is 8.16. The summed E-state index contributed by atoms with van der Waals surface area (Å²) in [7, 11) is 0. The van der Waals surface area contributed by atoms with E-state index in [1.54, 1.807) is 22.8 Å². The highest BCUT2D eigenvalue weighted by molar-refractivity contribution is 7.20. The number of nitrogens with zero attached hydrogens (tertiary/aromatic N) is 1. The third-order valence-electron chi connectivity index (χ3n) is 8.97. The van der Waals surface area contributed by atoms with E-state index in [0.717, 1.165) is 61.7 Å². The van der Waals surface area contributed by atoms with Crippen LogP contribution in [0.1, 0.15) is 64.6 Å². The maximum Gasteiger partial charge on any atom is 0.408 e. The predicted molar refractivity (Wildman–Crippen MR) is 189 cm³/mol. The highest BCUT2D eigenvalue weighted by atomic mass is 32.1. The molecule has 2 nitrogen and oxygen atoms in total. The van der Waals surface area contributed by atoms with Gasteiger partial charge in [-0.1, -0.05) is 91.9 Å². The maximum absolute atomic E-state index is 15.0. The molecular weight excluding hydrogens is 612 g/mol. The zero-order valence-electron chi connectivity index (χ0n) is 27.4. The van der Waals surface area contributed by atoms with Gasteiger partial charge in [0, 0.05) is 6.07 Å². The van der Waals surface area contributed by atoms with Crippen molar-refractivity contribution in [1.82, 2.24) is 0 Å². The summed E-state index contributed by atoms with van der Waals surface area (Å²) in [6, 6.07) is 23.9. The average Bonchev–Trinajstić information content (AvgIpc) is 3.58. The Kier molecular flexibility index (Phi) is 7.28. The summed E-state index contributed by atoms with van der Waals surface area (Å²) in [6.45, 7) is 17.0. The fourth-order valence-electron chi connectivity index (χ4n) is 6.73. The van der Waals surface area contributed by atoms with E-state index in [9.17, 15) is 0 Å². The highest BCUT2D eigenvalue weighted by Gasteiger charge is 2.40. The second-order valence-corrected chi connectivity index (χ2v) is 14.9. The van der Waals surface area contributed by atoms with Crippen LogP contribution in [-0.2, 0) is 12.6 Å². The monoisotopic (exact) mass is 647 g/mol. The quantitative estimate of drug-likeness (QED) is 0.106. The SMILES string of the molecule is C=[N+]1C=Cc2c([s+][c-]3c(C(F)(F)F)c(-c4ccc(-[c-]5cc6ccc(CC(C)(C)C)cc6[o+]5)cc4)ccc23)[C-]1c1cc(C)cc(C)c1C. The summed E-state index contributed by atoms with van der Waals surface area (Å²) in [6.07, 6.45) is 0.0799. The minimum atomic E-state index is -4.56. The van der Waals surface area contributed by atoms with E-state index >= 15 is 13.2 Å². The topological polar surface area (TPSA) is 14.3 Å². The molecule has 3 heterocycles. The second kappa shape index (κ2) is 11.0. The van der Waals surface area contributed by atoms with Crippen molar-refractivity contribution < 1.29 is 22.2 Å². The fraction of sp³-hybridized carbons (Fsp3) is 0.220. The van der Waals surface area contributed by atoms with E-state index in [-0.39, 0.29) is 15.7 Å². The number of alkyl halides is 3. The maximum atomic E-state index is 15.0. The first-order chi connectivity index (χ1) is 22.2. The third-order valence-corrected chi connectivity index (χ3v) is 10.2. The number of rotatable bonds is 4. The molecule has 0 N–H and O–H groups in total. The molecule has 0 saturated carbocycles. The Hall–Kier alpha value is -4.55. The third kappa shape index (κ3) is 5.59. The lowest BCUT2D eigenvalue weighted by Gasteiger charge is -2.22. The van der Waals surface area contributed by atoms with Crippen molar-refractivity contribution >= 4 is 45.2 Å². The van der Waals surface area contributed by atoms with Crippen LogP contribution in [0.25, 0.3) is 49.6 Å². The van der Waals surface area contributed by atoms with Crippen LogP contribution < -0.4 is 0 Å². The summed E-state index contributed by atoms with van der Waals surface area (Å²) in [5.74, 6) is 0.686. The van der Waals surface area contributed by atoms with E-state index < -0.39 is 11.7 Å². The van der Waals surface area contributed by atoms with Gasteiger partial charge < -0.3 is 0 Å². The molecule has 7 rings (SSSR count). The molecule has 6 heteroatoms. The normalized spacial score (nSPS) is 13.6. The van der Waals surface area contributed by atoms with Crippen LogP contribution in [0, 0.1) is 32.2 Å². The van der Waals surface area contributed by atoms with Crippen LogP contribution in [0.4, 0.5) is 13.2 Å². The van der Waals surface area contributed by atoms with Crippen LogP contribution in [0.5, 0.6) is 0 Å². The van der Waals surface area contributed by atoms with Crippen molar-refractivity contribution in [3.8, 4) is 22.5 Å². The van der Waals surface area contributed by atoms with Gasteiger partial charge in [-0.25, -0.2) is 0 Å². The minimum Gasteiger partial charge on any atom is -0.286 e. The molecule has 1 aliphatic heterocycles. The molecule has 0 radical (unpaired) electrons. The van der Waals surface area contributed by atoms with Crippen molar-refractivity contribution in [2.45, 2.75) is 54.1 Å². The smallest absolute Gasteiger partial charge is 0.286 e. The number of hydrogen-bond donors (Lipinski definition) is 0. The summed E-state index contributed by atoms with van der Waals surface area (Å²) in [5.41, 5.74) is 8.12. The zero-order chi connectivity index (χ0) is 33.4. The van der Waals surface area contributed by atoms with Gasteiger partial charge in [-0.15, -0.1) is 24.3 Å². The summed E-state index contributed by atoms with van der Waals surface area (Å²) >= 11 is 1.19. The predicted octanol–water partition coefficient (Wildman–Crippen LogP) is 12.1. The number of fused-ring (bicyclic) bond motifs is 4. The van der Waals surface area contributed by atoms with Crippen LogP contribution in [0.3, 0.4) is 0 Å². The Morgan fingerprint density at radius 3 is 2.36 bits per heavy atom. The van der Waals surface area contributed by atoms with Crippen molar-refractivity contribution in [1.29, 1.82) is 0 Å². The van der Waals surface area contributed by atoms with Gasteiger partial charge in [0.25, 0.3) is 11.3 Å². The summed E-state index contributed by atoms with van der Waals surface area (Å²) in [5, 5.41) is 1.59. The molecule has 0 amide bonds.